The van der Waals surface area contributed by atoms with Crippen LogP contribution >= 0.6 is 0 Å². The van der Waals surface area contributed by atoms with Gasteiger partial charge in [-0.15, -0.1) is 0 Å². The largest absolute Gasteiger partial charge is 0.490 e. The second-order valence-corrected chi connectivity index (χ2v) is 5.47. The molecule has 118 valence electrons. The van der Waals surface area contributed by atoms with E-state index in [0.717, 1.165) is 12.5 Å². The normalized spacial score (nSPS) is 13.1. The van der Waals surface area contributed by atoms with Crippen molar-refractivity contribution in [2.45, 2.75) is 19.8 Å². The van der Waals surface area contributed by atoms with Gasteiger partial charge < -0.3 is 9.84 Å². The number of rotatable bonds is 3. The Morgan fingerprint density at radius 1 is 1.17 bits per heavy atom. The molecule has 5 heteroatoms. The van der Waals surface area contributed by atoms with Gasteiger partial charge in [-0.2, -0.15) is 0 Å². The summed E-state index contributed by atoms with van der Waals surface area (Å²) in [6.45, 7) is 2.20. The Balaban J connectivity index is 2.15. The molecule has 0 fully saturated rings. The van der Waals surface area contributed by atoms with Crippen molar-refractivity contribution < 1.29 is 23.8 Å². The molecule has 1 aliphatic heterocycles. The van der Waals surface area contributed by atoms with E-state index in [1.807, 2.05) is 0 Å². The number of benzene rings is 2. The van der Waals surface area contributed by atoms with Crippen LogP contribution in [0.1, 0.15) is 43.8 Å². The topological polar surface area (TPSA) is 63.6 Å². The zero-order valence-electron chi connectivity index (χ0n) is 12.6. The van der Waals surface area contributed by atoms with Gasteiger partial charge in [-0.3, -0.25) is 4.79 Å². The fraction of sp³-hybridized carbons (Fsp3) is 0.222. The lowest BCUT2D eigenvalue weighted by Gasteiger charge is -2.21. The maximum Gasteiger partial charge on any atom is 0.336 e. The molecule has 0 unspecified atom stereocenters. The number of ether oxygens (including phenoxy) is 1. The van der Waals surface area contributed by atoms with Gasteiger partial charge in [0, 0.05) is 16.7 Å². The lowest BCUT2D eigenvalue weighted by atomic mass is 9.90. The van der Waals surface area contributed by atoms with Gasteiger partial charge in [0.05, 0.1) is 12.2 Å². The average molecular weight is 314 g/mol. The summed E-state index contributed by atoms with van der Waals surface area (Å²) in [6, 6.07) is 7.09. The van der Waals surface area contributed by atoms with Gasteiger partial charge in [-0.05, 0) is 37.5 Å². The smallest absolute Gasteiger partial charge is 0.336 e. The number of carboxylic acid groups (broad SMARTS) is 1. The highest BCUT2D eigenvalue weighted by molar-refractivity contribution is 6.15. The maximum atomic E-state index is 14.3. The predicted octanol–water partition coefficient (Wildman–Crippen LogP) is 3.39. The van der Waals surface area contributed by atoms with Gasteiger partial charge in [0.25, 0.3) is 0 Å². The van der Waals surface area contributed by atoms with Crippen LogP contribution in [-0.2, 0) is 6.42 Å². The summed E-state index contributed by atoms with van der Waals surface area (Å²) in [5, 5.41) is 9.23. The second kappa shape index (κ2) is 5.83. The van der Waals surface area contributed by atoms with Gasteiger partial charge in [0.2, 0.25) is 0 Å². The zero-order valence-corrected chi connectivity index (χ0v) is 12.6. The number of carbonyl (C=O) groups is 2. The molecule has 0 saturated heterocycles. The first-order valence-electron chi connectivity index (χ1n) is 7.32. The molecule has 0 spiro atoms. The van der Waals surface area contributed by atoms with Crippen LogP contribution in [0.15, 0.2) is 30.3 Å². The minimum atomic E-state index is -1.19. The first-order chi connectivity index (χ1) is 11.0. The van der Waals surface area contributed by atoms with Crippen molar-refractivity contribution in [2.75, 3.05) is 6.61 Å². The Morgan fingerprint density at radius 3 is 2.57 bits per heavy atom. The van der Waals surface area contributed by atoms with E-state index in [1.165, 1.54) is 12.1 Å². The summed E-state index contributed by atoms with van der Waals surface area (Å²) in [6.07, 6.45) is 1.40. The van der Waals surface area contributed by atoms with Crippen LogP contribution in [0.3, 0.4) is 0 Å². The Kier molecular flexibility index (Phi) is 3.86. The fourth-order valence-corrected chi connectivity index (χ4v) is 2.91. The number of ketones is 1. The molecule has 23 heavy (non-hydrogen) atoms. The van der Waals surface area contributed by atoms with Crippen molar-refractivity contribution in [1.29, 1.82) is 0 Å². The van der Waals surface area contributed by atoms with E-state index in [0.29, 0.717) is 24.2 Å². The van der Waals surface area contributed by atoms with Crippen LogP contribution in [0.5, 0.6) is 5.75 Å². The van der Waals surface area contributed by atoms with Gasteiger partial charge in [0.15, 0.2) is 17.3 Å². The highest BCUT2D eigenvalue weighted by Gasteiger charge is 2.25. The summed E-state index contributed by atoms with van der Waals surface area (Å²) >= 11 is 0. The van der Waals surface area contributed by atoms with Crippen molar-refractivity contribution in [3.8, 4) is 5.75 Å². The Morgan fingerprint density at radius 2 is 1.87 bits per heavy atom. The summed E-state index contributed by atoms with van der Waals surface area (Å²) in [5.74, 6) is -2.06. The Labute approximate surface area is 132 Å². The molecule has 0 aliphatic carbocycles. The first-order valence-corrected chi connectivity index (χ1v) is 7.32. The SMILES string of the molecule is Cc1c(C(=O)c2ccccc2C(=O)O)cc(F)c2c1CCCO2. The van der Waals surface area contributed by atoms with Crippen LogP contribution < -0.4 is 4.74 Å². The minimum absolute atomic E-state index is 0.0548. The molecule has 4 nitrogen and oxygen atoms in total. The average Bonchev–Trinajstić information content (AvgIpc) is 2.57. The standard InChI is InChI=1S/C18H15FO4/c1-10-11-7-4-8-23-17(11)15(19)9-14(10)16(20)12-5-2-3-6-13(12)18(21)22/h2-3,5-6,9H,4,7-8H2,1H3,(H,21,22). The van der Waals surface area contributed by atoms with E-state index in [4.69, 9.17) is 4.74 Å². The second-order valence-electron chi connectivity index (χ2n) is 5.47. The van der Waals surface area contributed by atoms with E-state index in [9.17, 15) is 19.1 Å². The van der Waals surface area contributed by atoms with Crippen molar-refractivity contribution in [3.05, 3.63) is 64.0 Å². The summed E-state index contributed by atoms with van der Waals surface area (Å²) in [4.78, 5) is 24.1. The highest BCUT2D eigenvalue weighted by Crippen LogP contribution is 2.34. The van der Waals surface area contributed by atoms with E-state index in [2.05, 4.69) is 0 Å². The molecule has 0 aromatic heterocycles. The number of halogens is 1. The molecular weight excluding hydrogens is 299 g/mol. The van der Waals surface area contributed by atoms with Crippen molar-refractivity contribution in [1.82, 2.24) is 0 Å². The monoisotopic (exact) mass is 314 g/mol. The molecule has 2 aromatic carbocycles. The molecule has 0 saturated carbocycles. The molecule has 2 aromatic rings. The lowest BCUT2D eigenvalue weighted by Crippen LogP contribution is -2.16. The molecular formula is C18H15FO4. The van der Waals surface area contributed by atoms with Crippen LogP contribution in [0.2, 0.25) is 0 Å². The maximum absolute atomic E-state index is 14.3. The lowest BCUT2D eigenvalue weighted by molar-refractivity contribution is 0.0692. The number of carboxylic acids is 1. The molecule has 0 radical (unpaired) electrons. The summed E-state index contributed by atoms with van der Waals surface area (Å²) in [5.41, 5.74) is 1.48. The van der Waals surface area contributed by atoms with Gasteiger partial charge >= 0.3 is 5.97 Å². The fourth-order valence-electron chi connectivity index (χ4n) is 2.91. The molecule has 0 bridgehead atoms. The van der Waals surface area contributed by atoms with E-state index < -0.39 is 17.6 Å². The van der Waals surface area contributed by atoms with Gasteiger partial charge in [0.1, 0.15) is 0 Å². The molecule has 1 heterocycles. The molecule has 3 rings (SSSR count). The molecule has 1 aliphatic rings. The highest BCUT2D eigenvalue weighted by atomic mass is 19.1. The van der Waals surface area contributed by atoms with E-state index in [-0.39, 0.29) is 22.4 Å². The number of fused-ring (bicyclic) bond motifs is 1. The number of aromatic carboxylic acids is 1. The predicted molar refractivity (Wildman–Crippen MR) is 81.8 cm³/mol. The van der Waals surface area contributed by atoms with E-state index >= 15 is 0 Å². The molecule has 1 N–H and O–H groups in total. The first kappa shape index (κ1) is 15.2. The molecule has 0 amide bonds. The quantitative estimate of drug-likeness (QED) is 0.882. The molecule has 0 atom stereocenters. The van der Waals surface area contributed by atoms with Gasteiger partial charge in [-0.25, -0.2) is 9.18 Å². The minimum Gasteiger partial charge on any atom is -0.490 e. The van der Waals surface area contributed by atoms with Crippen LogP contribution in [0, 0.1) is 12.7 Å². The van der Waals surface area contributed by atoms with Crippen molar-refractivity contribution in [3.63, 3.8) is 0 Å². The van der Waals surface area contributed by atoms with Crippen molar-refractivity contribution in [2.24, 2.45) is 0 Å². The summed E-state index contributed by atoms with van der Waals surface area (Å²) in [7, 11) is 0. The Bertz CT molecular complexity index is 811. The summed E-state index contributed by atoms with van der Waals surface area (Å²) < 4.78 is 19.6. The van der Waals surface area contributed by atoms with Crippen LogP contribution in [0.25, 0.3) is 0 Å². The van der Waals surface area contributed by atoms with Gasteiger partial charge in [-0.1, -0.05) is 18.2 Å². The third kappa shape index (κ3) is 2.59. The number of hydrogen-bond acceptors (Lipinski definition) is 3. The van der Waals surface area contributed by atoms with E-state index in [1.54, 1.807) is 19.1 Å². The van der Waals surface area contributed by atoms with Crippen molar-refractivity contribution >= 4 is 11.8 Å². The van der Waals surface area contributed by atoms with Crippen LogP contribution in [0.4, 0.5) is 4.39 Å². The Hall–Kier alpha value is -2.69. The van der Waals surface area contributed by atoms with Crippen LogP contribution in [-0.4, -0.2) is 23.5 Å². The third-order valence-electron chi connectivity index (χ3n) is 4.08. The number of carbonyl (C=O) groups excluding carboxylic acids is 1. The third-order valence-corrected chi connectivity index (χ3v) is 4.08. The number of hydrogen-bond donors (Lipinski definition) is 1. The zero-order chi connectivity index (χ0) is 16.6.